The lowest BCUT2D eigenvalue weighted by Crippen LogP contribution is -2.60. The van der Waals surface area contributed by atoms with E-state index in [9.17, 15) is 14.7 Å². The van der Waals surface area contributed by atoms with Crippen molar-refractivity contribution in [1.29, 1.82) is 0 Å². The summed E-state index contributed by atoms with van der Waals surface area (Å²) in [5.41, 5.74) is 6.74. The molecule has 37 heavy (non-hydrogen) atoms. The van der Waals surface area contributed by atoms with Crippen LogP contribution < -0.4 is 4.90 Å². The van der Waals surface area contributed by atoms with Gasteiger partial charge in [0, 0.05) is 62.3 Å². The van der Waals surface area contributed by atoms with E-state index < -0.39 is 0 Å². The number of fused-ring (bicyclic) bond motifs is 5. The highest BCUT2D eigenvalue weighted by Gasteiger charge is 2.54. The second-order valence-electron chi connectivity index (χ2n) is 12.2. The highest BCUT2D eigenvalue weighted by atomic mass is 16.3. The van der Waals surface area contributed by atoms with Gasteiger partial charge in [-0.1, -0.05) is 12.1 Å². The number of piperazine rings is 1. The summed E-state index contributed by atoms with van der Waals surface area (Å²) >= 11 is 0. The maximum absolute atomic E-state index is 13.7. The number of hydrogen-bond donors (Lipinski definition) is 1. The van der Waals surface area contributed by atoms with Crippen molar-refractivity contribution >= 4 is 17.5 Å². The van der Waals surface area contributed by atoms with Gasteiger partial charge in [-0.15, -0.1) is 0 Å². The zero-order valence-corrected chi connectivity index (χ0v) is 21.9. The summed E-state index contributed by atoms with van der Waals surface area (Å²) in [6, 6.07) is 6.64. The number of rotatable bonds is 5. The normalized spacial score (nSPS) is 29.6. The molecule has 2 amide bonds. The van der Waals surface area contributed by atoms with Crippen LogP contribution in [0.15, 0.2) is 18.2 Å². The largest absolute Gasteiger partial charge is 0.396 e. The lowest BCUT2D eigenvalue weighted by atomic mass is 9.60. The standard InChI is InChI=1S/C29H37N5O3/c1-18-4-3-5-23(19(18)2)31-8-10-32(11-9-31)25(36)16-34-24-13-20-12-22(20)26(24)27(30-34)28(37)33-7-6-29(17-35)14-21(33)15-29/h3-5,20-22,35H,6-17H2,1-2H3/t20-,21?,22-,29?/m1/s1. The number of aliphatic hydroxyl groups is 1. The molecule has 1 aromatic heterocycles. The monoisotopic (exact) mass is 503 g/mol. The van der Waals surface area contributed by atoms with Crippen LogP contribution in [-0.4, -0.2) is 81.9 Å². The Kier molecular flexibility index (Phi) is 5.23. The number of amides is 2. The average Bonchev–Trinajstić information content (AvgIpc) is 3.43. The molecule has 8 nitrogen and oxygen atoms in total. The van der Waals surface area contributed by atoms with Crippen LogP contribution in [0.4, 0.5) is 5.69 Å². The second kappa shape index (κ2) is 8.32. The van der Waals surface area contributed by atoms with Crippen LogP contribution in [0.1, 0.15) is 64.5 Å². The Labute approximate surface area is 218 Å². The van der Waals surface area contributed by atoms with Gasteiger partial charge >= 0.3 is 0 Å². The molecule has 0 radical (unpaired) electrons. The number of carbonyl (C=O) groups excluding carboxylic acids is 2. The number of aliphatic hydroxyl groups excluding tert-OH is 1. The summed E-state index contributed by atoms with van der Waals surface area (Å²) in [7, 11) is 0. The predicted molar refractivity (Wildman–Crippen MR) is 140 cm³/mol. The van der Waals surface area contributed by atoms with Crippen molar-refractivity contribution < 1.29 is 14.7 Å². The third-order valence-electron chi connectivity index (χ3n) is 10.1. The fraction of sp³-hybridized carbons (Fsp3) is 0.621. The van der Waals surface area contributed by atoms with Gasteiger partial charge in [-0.05, 0) is 80.4 Å². The van der Waals surface area contributed by atoms with E-state index in [1.165, 1.54) is 16.8 Å². The molecule has 6 aliphatic rings. The fourth-order valence-electron chi connectivity index (χ4n) is 7.50. The summed E-state index contributed by atoms with van der Waals surface area (Å²) in [5, 5.41) is 14.5. The van der Waals surface area contributed by atoms with E-state index >= 15 is 0 Å². The molecule has 8 rings (SSSR count). The molecule has 3 aliphatic heterocycles. The summed E-state index contributed by atoms with van der Waals surface area (Å²) in [4.78, 5) is 33.4. The van der Waals surface area contributed by atoms with E-state index in [1.807, 2.05) is 14.5 Å². The van der Waals surface area contributed by atoms with E-state index in [0.717, 1.165) is 56.5 Å². The smallest absolute Gasteiger partial charge is 0.274 e. The first kappa shape index (κ1) is 23.3. The molecule has 3 saturated heterocycles. The zero-order chi connectivity index (χ0) is 25.5. The first-order valence-electron chi connectivity index (χ1n) is 14.0. The van der Waals surface area contributed by atoms with E-state index in [2.05, 4.69) is 36.9 Å². The highest BCUT2D eigenvalue weighted by molar-refractivity contribution is 5.95. The number of carbonyl (C=O) groups is 2. The van der Waals surface area contributed by atoms with Crippen LogP contribution in [0, 0.1) is 25.2 Å². The van der Waals surface area contributed by atoms with Gasteiger partial charge in [0.1, 0.15) is 6.54 Å². The van der Waals surface area contributed by atoms with Gasteiger partial charge in [0.15, 0.2) is 5.69 Å². The van der Waals surface area contributed by atoms with E-state index in [-0.39, 0.29) is 36.4 Å². The van der Waals surface area contributed by atoms with Gasteiger partial charge in [0.2, 0.25) is 5.91 Å². The van der Waals surface area contributed by atoms with Gasteiger partial charge in [-0.25, -0.2) is 0 Å². The molecule has 4 heterocycles. The number of anilines is 1. The summed E-state index contributed by atoms with van der Waals surface area (Å²) < 4.78 is 1.86. The minimum atomic E-state index is 0.0355. The molecule has 3 aliphatic carbocycles. The molecule has 2 atom stereocenters. The van der Waals surface area contributed by atoms with Crippen LogP contribution >= 0.6 is 0 Å². The number of hydrogen-bond acceptors (Lipinski definition) is 5. The maximum atomic E-state index is 13.7. The van der Waals surface area contributed by atoms with Crippen LogP contribution in [0.5, 0.6) is 0 Å². The van der Waals surface area contributed by atoms with Crippen molar-refractivity contribution in [3.05, 3.63) is 46.3 Å². The molecule has 0 unspecified atom stereocenters. The van der Waals surface area contributed by atoms with Gasteiger partial charge < -0.3 is 19.8 Å². The minimum absolute atomic E-state index is 0.0355. The Morgan fingerprint density at radius 2 is 1.89 bits per heavy atom. The Bertz CT molecular complexity index is 1270. The van der Waals surface area contributed by atoms with Crippen molar-refractivity contribution in [3.63, 3.8) is 0 Å². The van der Waals surface area contributed by atoms with Crippen molar-refractivity contribution in [2.75, 3.05) is 44.2 Å². The van der Waals surface area contributed by atoms with Crippen molar-refractivity contribution in [3.8, 4) is 0 Å². The lowest BCUT2D eigenvalue weighted by Gasteiger charge is -2.56. The number of aryl methyl sites for hydroxylation is 1. The topological polar surface area (TPSA) is 81.9 Å². The molecule has 8 heteroatoms. The van der Waals surface area contributed by atoms with Gasteiger partial charge in [0.05, 0.1) is 0 Å². The van der Waals surface area contributed by atoms with Crippen LogP contribution in [0.3, 0.4) is 0 Å². The molecule has 5 fully saturated rings. The van der Waals surface area contributed by atoms with Gasteiger partial charge in [-0.2, -0.15) is 5.10 Å². The number of nitrogens with zero attached hydrogens (tertiary/aromatic N) is 5. The first-order valence-corrected chi connectivity index (χ1v) is 14.0. The SMILES string of the molecule is Cc1cccc(N2CCN(C(=O)Cn3nc(C(=O)N4CCC5(CO)CC4C5)c4c3C[C@H]3C[C@@H]43)CC2)c1C. The van der Waals surface area contributed by atoms with Crippen LogP contribution in [0.2, 0.25) is 0 Å². The van der Waals surface area contributed by atoms with Crippen molar-refractivity contribution in [1.82, 2.24) is 19.6 Å². The molecule has 0 spiro atoms. The summed E-state index contributed by atoms with van der Waals surface area (Å²) in [6.07, 6.45) is 4.75. The zero-order valence-electron chi connectivity index (χ0n) is 21.9. The minimum Gasteiger partial charge on any atom is -0.396 e. The first-order chi connectivity index (χ1) is 17.9. The fourth-order valence-corrected chi connectivity index (χ4v) is 7.50. The Hall–Kier alpha value is -2.87. The highest BCUT2D eigenvalue weighted by Crippen LogP contribution is 2.58. The van der Waals surface area contributed by atoms with Gasteiger partial charge in [0.25, 0.3) is 5.91 Å². The van der Waals surface area contributed by atoms with E-state index in [0.29, 0.717) is 37.2 Å². The number of aromatic nitrogens is 2. The summed E-state index contributed by atoms with van der Waals surface area (Å²) in [6.45, 7) is 8.51. The lowest BCUT2D eigenvalue weighted by molar-refractivity contribution is -0.132. The third-order valence-corrected chi connectivity index (χ3v) is 10.1. The van der Waals surface area contributed by atoms with Crippen LogP contribution in [-0.2, 0) is 17.8 Å². The molecule has 1 N–H and O–H groups in total. The summed E-state index contributed by atoms with van der Waals surface area (Å²) in [5.74, 6) is 1.19. The second-order valence-corrected chi connectivity index (χ2v) is 12.2. The quantitative estimate of drug-likeness (QED) is 0.678. The Balaban J connectivity index is 1.05. The molecule has 1 aromatic carbocycles. The Morgan fingerprint density at radius 3 is 2.59 bits per heavy atom. The molecular weight excluding hydrogens is 466 g/mol. The van der Waals surface area contributed by atoms with Crippen LogP contribution in [0.25, 0.3) is 0 Å². The Morgan fingerprint density at radius 1 is 1.11 bits per heavy atom. The number of benzene rings is 1. The molecule has 196 valence electrons. The van der Waals surface area contributed by atoms with Crippen molar-refractivity contribution in [2.45, 2.75) is 64.5 Å². The van der Waals surface area contributed by atoms with Gasteiger partial charge in [-0.3, -0.25) is 14.3 Å². The average molecular weight is 504 g/mol. The predicted octanol–water partition coefficient (Wildman–Crippen LogP) is 2.50. The van der Waals surface area contributed by atoms with E-state index in [1.54, 1.807) is 0 Å². The number of piperidine rings is 2. The molecule has 2 saturated carbocycles. The third kappa shape index (κ3) is 3.62. The maximum Gasteiger partial charge on any atom is 0.274 e. The molecule has 2 aromatic rings. The molecular formula is C29H37N5O3. The van der Waals surface area contributed by atoms with E-state index in [4.69, 9.17) is 5.10 Å². The molecule has 2 bridgehead atoms. The van der Waals surface area contributed by atoms with Crippen molar-refractivity contribution in [2.24, 2.45) is 11.3 Å².